The maximum atomic E-state index is 7.23. The monoisotopic (exact) mass is 1020 g/mol. The lowest BCUT2D eigenvalue weighted by Gasteiger charge is -2.46. The number of fused-ring (bicyclic) bond motifs is 14. The summed E-state index contributed by atoms with van der Waals surface area (Å²) in [5.74, 6) is 0. The summed E-state index contributed by atoms with van der Waals surface area (Å²) in [5.41, 5.74) is 24.9. The Morgan fingerprint density at radius 1 is 0.367 bits per heavy atom. The zero-order valence-electron chi connectivity index (χ0n) is 46.5. The van der Waals surface area contributed by atoms with Gasteiger partial charge in [0, 0.05) is 73.1 Å². The fourth-order valence-corrected chi connectivity index (χ4v) is 14.8. The van der Waals surface area contributed by atoms with E-state index < -0.39 is 0 Å². The molecule has 2 aliphatic heterocycles. The normalized spacial score (nSPS) is 17.2. The van der Waals surface area contributed by atoms with Crippen molar-refractivity contribution in [2.75, 3.05) is 9.71 Å². The molecule has 5 heteroatoms. The summed E-state index contributed by atoms with van der Waals surface area (Å²) in [4.78, 5) is 5.21. The van der Waals surface area contributed by atoms with Crippen molar-refractivity contribution in [3.63, 3.8) is 0 Å². The van der Waals surface area contributed by atoms with E-state index in [0.717, 1.165) is 81.5 Å². The number of benzene rings is 10. The molecule has 79 heavy (non-hydrogen) atoms. The second kappa shape index (κ2) is 16.2. The van der Waals surface area contributed by atoms with Crippen LogP contribution in [0.1, 0.15) is 103 Å². The van der Waals surface area contributed by atoms with Crippen molar-refractivity contribution in [2.45, 2.75) is 103 Å². The summed E-state index contributed by atoms with van der Waals surface area (Å²) in [6.45, 7) is 19.1. The zero-order chi connectivity index (χ0) is 53.5. The molecule has 0 spiro atoms. The molecule has 0 radical (unpaired) electrons. The van der Waals surface area contributed by atoms with Crippen molar-refractivity contribution in [2.24, 2.45) is 0 Å². The standard InChI is InChI=1S/C74H63BN2O2/c1-71(2)31-33-73(5,6)60-41-66-54(38-58(60)71)52-30-28-50(37-65(52)78-66)76-63-43-68-56(55-39-59-61(42-67(55)79-68)74(7,8)34-32-72(59,3)4)40-62(63)75-69-57(35-48(36-64(69)76)45-19-13-10-14-20-45)53-29-25-47-21-15-16-22-51(47)70(53)77(75)49-26-23-46(24-27-49)44-17-11-9-12-18-44/h9-30,35-43H,31-34H2,1-8H3. The zero-order valence-corrected chi connectivity index (χ0v) is 46.5. The van der Waals surface area contributed by atoms with Crippen LogP contribution in [0.15, 0.2) is 197 Å². The Kier molecular flexibility index (Phi) is 9.57. The maximum absolute atomic E-state index is 7.23. The van der Waals surface area contributed by atoms with Crippen LogP contribution in [-0.4, -0.2) is 6.85 Å². The number of furan rings is 2. The molecule has 2 aromatic heterocycles. The minimum absolute atomic E-state index is 0.0375. The molecular weight excluding hydrogens is 960 g/mol. The highest BCUT2D eigenvalue weighted by Gasteiger charge is 2.47. The summed E-state index contributed by atoms with van der Waals surface area (Å²) in [7, 11) is 0. The van der Waals surface area contributed by atoms with Crippen LogP contribution in [0.25, 0.3) is 88.0 Å². The lowest BCUT2D eigenvalue weighted by molar-refractivity contribution is 0.332. The predicted molar refractivity (Wildman–Crippen MR) is 334 cm³/mol. The van der Waals surface area contributed by atoms with Gasteiger partial charge in [0.1, 0.15) is 22.3 Å². The van der Waals surface area contributed by atoms with Crippen LogP contribution >= 0.6 is 0 Å². The average Bonchev–Trinajstić information content (AvgIpc) is 4.10. The van der Waals surface area contributed by atoms with E-state index >= 15 is 0 Å². The van der Waals surface area contributed by atoms with Gasteiger partial charge in [-0.1, -0.05) is 171 Å². The summed E-state index contributed by atoms with van der Waals surface area (Å²) in [6, 6.07) is 71.1. The largest absolute Gasteiger partial charge is 0.456 e. The molecule has 384 valence electrons. The quantitative estimate of drug-likeness (QED) is 0.165. The van der Waals surface area contributed by atoms with E-state index in [-0.39, 0.29) is 28.5 Å². The molecule has 0 saturated heterocycles. The Labute approximate surface area is 463 Å². The molecule has 4 heterocycles. The number of hydrogen-bond acceptors (Lipinski definition) is 4. The third kappa shape index (κ3) is 6.81. The molecule has 0 saturated carbocycles. The first-order valence-electron chi connectivity index (χ1n) is 28.7. The first-order chi connectivity index (χ1) is 38.1. The van der Waals surface area contributed by atoms with Crippen molar-refractivity contribution >= 4 is 101 Å². The van der Waals surface area contributed by atoms with Gasteiger partial charge in [0.25, 0.3) is 0 Å². The van der Waals surface area contributed by atoms with Gasteiger partial charge < -0.3 is 18.5 Å². The van der Waals surface area contributed by atoms with Crippen molar-refractivity contribution in [3.8, 4) is 33.4 Å². The molecule has 0 atom stereocenters. The summed E-state index contributed by atoms with van der Waals surface area (Å²) in [6.07, 6.45) is 4.60. The van der Waals surface area contributed by atoms with Crippen molar-refractivity contribution in [1.29, 1.82) is 0 Å². The lowest BCUT2D eigenvalue weighted by Crippen LogP contribution is -2.61. The highest BCUT2D eigenvalue weighted by atomic mass is 16.3. The SMILES string of the molecule is CC1(C)CCC(C)(C)c2cc3c(cc21)oc1cc(N2c4cc5oc6cc7c(cc6c5cc4B4c5c(cc(-c6ccccc6)cc52)-c2ccc5ccccc5c2N4c2ccc(-c4ccccc4)cc2)C(C)(C)CCC7(C)C)ccc13. The molecule has 16 rings (SSSR count). The van der Waals surface area contributed by atoms with Gasteiger partial charge >= 0.3 is 6.85 Å². The number of hydrogen-bond donors (Lipinski definition) is 0. The topological polar surface area (TPSA) is 32.8 Å². The Morgan fingerprint density at radius 2 is 0.873 bits per heavy atom. The molecule has 0 amide bonds. The minimum atomic E-state index is -0.225. The molecule has 0 unspecified atom stereocenters. The summed E-state index contributed by atoms with van der Waals surface area (Å²) < 4.78 is 14.3. The molecule has 10 aromatic carbocycles. The van der Waals surface area contributed by atoms with Crippen molar-refractivity contribution < 1.29 is 8.83 Å². The van der Waals surface area contributed by atoms with Gasteiger partial charge in [-0.2, -0.15) is 0 Å². The van der Waals surface area contributed by atoms with Crippen LogP contribution in [0.2, 0.25) is 0 Å². The fourth-order valence-electron chi connectivity index (χ4n) is 14.8. The van der Waals surface area contributed by atoms with E-state index in [2.05, 4.69) is 253 Å². The molecular formula is C74H63BN2O2. The first kappa shape index (κ1) is 46.8. The Bertz CT molecular complexity index is 4560. The Balaban J connectivity index is 1.01. The molecule has 4 aliphatic rings. The smallest absolute Gasteiger partial charge is 0.333 e. The third-order valence-electron chi connectivity index (χ3n) is 19.5. The summed E-state index contributed by atoms with van der Waals surface area (Å²) in [5, 5.41) is 7.09. The minimum Gasteiger partial charge on any atom is -0.456 e. The maximum Gasteiger partial charge on any atom is 0.333 e. The Morgan fingerprint density at radius 3 is 1.51 bits per heavy atom. The molecule has 4 nitrogen and oxygen atoms in total. The van der Waals surface area contributed by atoms with E-state index in [4.69, 9.17) is 8.83 Å². The summed E-state index contributed by atoms with van der Waals surface area (Å²) >= 11 is 0. The number of rotatable bonds is 4. The van der Waals surface area contributed by atoms with E-state index in [1.807, 2.05) is 0 Å². The van der Waals surface area contributed by atoms with E-state index in [0.29, 0.717) is 0 Å². The number of nitrogens with zero attached hydrogens (tertiary/aromatic N) is 2. The Hall–Kier alpha value is -8.28. The highest BCUT2D eigenvalue weighted by Crippen LogP contribution is 2.54. The predicted octanol–water partition coefficient (Wildman–Crippen LogP) is 19.4. The van der Waals surface area contributed by atoms with Gasteiger partial charge in [0.2, 0.25) is 0 Å². The first-order valence-corrected chi connectivity index (χ1v) is 28.7. The van der Waals surface area contributed by atoms with Gasteiger partial charge in [-0.05, 0) is 174 Å². The molecule has 0 bridgehead atoms. The van der Waals surface area contributed by atoms with Gasteiger partial charge in [0.05, 0.1) is 0 Å². The highest BCUT2D eigenvalue weighted by molar-refractivity contribution is 6.94. The molecule has 0 N–H and O–H groups in total. The van der Waals surface area contributed by atoms with Crippen LogP contribution in [0.4, 0.5) is 28.4 Å². The van der Waals surface area contributed by atoms with Crippen molar-refractivity contribution in [3.05, 3.63) is 210 Å². The van der Waals surface area contributed by atoms with Crippen LogP contribution in [0.5, 0.6) is 0 Å². The average molecular weight is 1020 g/mol. The van der Waals surface area contributed by atoms with E-state index in [1.165, 1.54) is 93.8 Å². The fraction of sp³-hybridized carbons (Fsp3) is 0.216. The van der Waals surface area contributed by atoms with Gasteiger partial charge in [-0.25, -0.2) is 0 Å². The van der Waals surface area contributed by atoms with Crippen LogP contribution < -0.4 is 20.6 Å². The van der Waals surface area contributed by atoms with E-state index in [9.17, 15) is 0 Å². The van der Waals surface area contributed by atoms with Gasteiger partial charge in [-0.15, -0.1) is 0 Å². The van der Waals surface area contributed by atoms with Gasteiger partial charge in [0.15, 0.2) is 0 Å². The van der Waals surface area contributed by atoms with Crippen LogP contribution in [-0.2, 0) is 21.7 Å². The molecule has 0 fully saturated rings. The lowest BCUT2D eigenvalue weighted by atomic mass is 9.43. The third-order valence-corrected chi connectivity index (χ3v) is 19.5. The van der Waals surface area contributed by atoms with Gasteiger partial charge in [-0.3, -0.25) is 0 Å². The van der Waals surface area contributed by atoms with Crippen LogP contribution in [0, 0.1) is 0 Å². The molecule has 2 aliphatic carbocycles. The van der Waals surface area contributed by atoms with Crippen LogP contribution in [0.3, 0.4) is 0 Å². The number of anilines is 5. The second-order valence-electron chi connectivity index (χ2n) is 26.1. The van der Waals surface area contributed by atoms with E-state index in [1.54, 1.807) is 0 Å². The van der Waals surface area contributed by atoms with Crippen molar-refractivity contribution in [1.82, 2.24) is 0 Å². The molecule has 12 aromatic rings. The second-order valence-corrected chi connectivity index (χ2v) is 26.1.